The van der Waals surface area contributed by atoms with Crippen molar-refractivity contribution in [3.8, 4) is 0 Å². The first-order chi connectivity index (χ1) is 8.69. The maximum atomic E-state index is 4.23. The van der Waals surface area contributed by atoms with E-state index in [4.69, 9.17) is 0 Å². The van der Waals surface area contributed by atoms with E-state index in [1.165, 1.54) is 31.4 Å². The Balaban J connectivity index is 2.47. The Labute approximate surface area is 112 Å². The standard InChI is InChI=1S/C15H29N3/c1-5-7-13(3)15(16-11-6-2)9-8-14-10-12-17-18(14)4/h10,12-13,15-16H,5-9,11H2,1-4H3. The fourth-order valence-corrected chi connectivity index (χ4v) is 2.52. The lowest BCUT2D eigenvalue weighted by molar-refractivity contribution is 0.335. The monoisotopic (exact) mass is 251 g/mol. The van der Waals surface area contributed by atoms with Crippen LogP contribution in [0.15, 0.2) is 12.3 Å². The average molecular weight is 251 g/mol. The van der Waals surface area contributed by atoms with Gasteiger partial charge in [-0.2, -0.15) is 5.10 Å². The second-order valence-electron chi connectivity index (χ2n) is 5.31. The smallest absolute Gasteiger partial charge is 0.0492 e. The molecule has 0 amide bonds. The number of aryl methyl sites for hydroxylation is 2. The Bertz CT molecular complexity index is 319. The van der Waals surface area contributed by atoms with Crippen molar-refractivity contribution in [2.24, 2.45) is 13.0 Å². The maximum absolute atomic E-state index is 4.23. The van der Waals surface area contributed by atoms with E-state index in [0.717, 1.165) is 18.9 Å². The highest BCUT2D eigenvalue weighted by atomic mass is 15.2. The van der Waals surface area contributed by atoms with E-state index in [-0.39, 0.29) is 0 Å². The minimum atomic E-state index is 0.639. The van der Waals surface area contributed by atoms with Gasteiger partial charge in [0.15, 0.2) is 0 Å². The first kappa shape index (κ1) is 15.2. The molecule has 0 spiro atoms. The van der Waals surface area contributed by atoms with Crippen LogP contribution in [0, 0.1) is 5.92 Å². The Kier molecular flexibility index (Phi) is 7.02. The highest BCUT2D eigenvalue weighted by Gasteiger charge is 2.16. The van der Waals surface area contributed by atoms with Crippen LogP contribution in [0.3, 0.4) is 0 Å². The van der Waals surface area contributed by atoms with Crippen LogP contribution in [0.1, 0.15) is 52.1 Å². The SMILES string of the molecule is CCCNC(CCc1ccnn1C)C(C)CCC. The predicted molar refractivity (Wildman–Crippen MR) is 77.7 cm³/mol. The van der Waals surface area contributed by atoms with Crippen molar-refractivity contribution in [1.82, 2.24) is 15.1 Å². The molecule has 3 nitrogen and oxygen atoms in total. The fraction of sp³-hybridized carbons (Fsp3) is 0.800. The lowest BCUT2D eigenvalue weighted by Crippen LogP contribution is -2.36. The minimum Gasteiger partial charge on any atom is -0.314 e. The van der Waals surface area contributed by atoms with Gasteiger partial charge in [0.25, 0.3) is 0 Å². The summed E-state index contributed by atoms with van der Waals surface area (Å²) in [6.07, 6.45) is 8.01. The number of rotatable bonds is 9. The van der Waals surface area contributed by atoms with Gasteiger partial charge in [-0.25, -0.2) is 0 Å². The Morgan fingerprint density at radius 1 is 1.28 bits per heavy atom. The van der Waals surface area contributed by atoms with Gasteiger partial charge in [0.2, 0.25) is 0 Å². The van der Waals surface area contributed by atoms with Crippen LogP contribution in [0.2, 0.25) is 0 Å². The highest BCUT2D eigenvalue weighted by molar-refractivity contribution is 5.00. The molecule has 2 unspecified atom stereocenters. The van der Waals surface area contributed by atoms with Crippen LogP contribution in [-0.4, -0.2) is 22.4 Å². The lowest BCUT2D eigenvalue weighted by atomic mass is 9.92. The first-order valence-electron chi connectivity index (χ1n) is 7.39. The number of nitrogens with one attached hydrogen (secondary N) is 1. The second kappa shape index (κ2) is 8.30. The van der Waals surface area contributed by atoms with Gasteiger partial charge < -0.3 is 5.32 Å². The van der Waals surface area contributed by atoms with Crippen LogP contribution in [0.4, 0.5) is 0 Å². The third kappa shape index (κ3) is 4.81. The Morgan fingerprint density at radius 3 is 2.61 bits per heavy atom. The van der Waals surface area contributed by atoms with Crippen LogP contribution < -0.4 is 5.32 Å². The summed E-state index contributed by atoms with van der Waals surface area (Å²) in [6, 6.07) is 2.77. The van der Waals surface area contributed by atoms with E-state index in [9.17, 15) is 0 Å². The Hall–Kier alpha value is -0.830. The van der Waals surface area contributed by atoms with Gasteiger partial charge in [-0.1, -0.05) is 27.2 Å². The van der Waals surface area contributed by atoms with Gasteiger partial charge in [-0.3, -0.25) is 4.68 Å². The molecule has 0 aliphatic carbocycles. The molecule has 3 heteroatoms. The topological polar surface area (TPSA) is 29.9 Å². The largest absolute Gasteiger partial charge is 0.314 e. The molecular weight excluding hydrogens is 222 g/mol. The molecule has 0 bridgehead atoms. The van der Waals surface area contributed by atoms with E-state index in [1.807, 2.05) is 17.9 Å². The molecule has 2 atom stereocenters. The number of hydrogen-bond acceptors (Lipinski definition) is 2. The second-order valence-corrected chi connectivity index (χ2v) is 5.31. The molecule has 0 aliphatic rings. The number of aromatic nitrogens is 2. The maximum Gasteiger partial charge on any atom is 0.0492 e. The van der Waals surface area contributed by atoms with Crippen molar-refractivity contribution in [2.75, 3.05) is 6.54 Å². The molecule has 0 aliphatic heterocycles. The van der Waals surface area contributed by atoms with Gasteiger partial charge in [0.1, 0.15) is 0 Å². The molecule has 0 saturated heterocycles. The molecule has 104 valence electrons. The van der Waals surface area contributed by atoms with Crippen molar-refractivity contribution < 1.29 is 0 Å². The quantitative estimate of drug-likeness (QED) is 0.730. The molecule has 1 heterocycles. The van der Waals surface area contributed by atoms with Gasteiger partial charge in [0, 0.05) is 25.0 Å². The van der Waals surface area contributed by atoms with E-state index in [1.54, 1.807) is 0 Å². The van der Waals surface area contributed by atoms with Crippen molar-refractivity contribution in [3.63, 3.8) is 0 Å². The van der Waals surface area contributed by atoms with E-state index in [0.29, 0.717) is 6.04 Å². The van der Waals surface area contributed by atoms with E-state index in [2.05, 4.69) is 37.3 Å². The van der Waals surface area contributed by atoms with Crippen molar-refractivity contribution in [3.05, 3.63) is 18.0 Å². The molecule has 0 fully saturated rings. The van der Waals surface area contributed by atoms with Crippen LogP contribution in [0.25, 0.3) is 0 Å². The lowest BCUT2D eigenvalue weighted by Gasteiger charge is -2.25. The minimum absolute atomic E-state index is 0.639. The number of nitrogens with zero attached hydrogens (tertiary/aromatic N) is 2. The van der Waals surface area contributed by atoms with Crippen LogP contribution in [-0.2, 0) is 13.5 Å². The summed E-state index contributed by atoms with van der Waals surface area (Å²) in [5.41, 5.74) is 1.34. The van der Waals surface area contributed by atoms with Crippen LogP contribution >= 0.6 is 0 Å². The molecule has 1 rings (SSSR count). The predicted octanol–water partition coefficient (Wildman–Crippen LogP) is 3.16. The summed E-state index contributed by atoms with van der Waals surface area (Å²) in [5, 5.41) is 7.94. The summed E-state index contributed by atoms with van der Waals surface area (Å²) in [6.45, 7) is 8.01. The zero-order valence-corrected chi connectivity index (χ0v) is 12.4. The number of hydrogen-bond donors (Lipinski definition) is 1. The zero-order valence-electron chi connectivity index (χ0n) is 12.4. The third-order valence-electron chi connectivity index (χ3n) is 3.72. The summed E-state index contributed by atoms with van der Waals surface area (Å²) in [5.74, 6) is 0.759. The normalized spacial score (nSPS) is 14.7. The molecule has 1 aromatic rings. The third-order valence-corrected chi connectivity index (χ3v) is 3.72. The molecule has 1 N–H and O–H groups in total. The van der Waals surface area contributed by atoms with Gasteiger partial charge in [0.05, 0.1) is 0 Å². The van der Waals surface area contributed by atoms with Crippen molar-refractivity contribution in [1.29, 1.82) is 0 Å². The van der Waals surface area contributed by atoms with E-state index >= 15 is 0 Å². The van der Waals surface area contributed by atoms with Crippen molar-refractivity contribution in [2.45, 2.75) is 58.9 Å². The molecule has 0 saturated carbocycles. The first-order valence-corrected chi connectivity index (χ1v) is 7.39. The fourth-order valence-electron chi connectivity index (χ4n) is 2.52. The molecule has 0 aromatic carbocycles. The van der Waals surface area contributed by atoms with E-state index < -0.39 is 0 Å². The van der Waals surface area contributed by atoms with Gasteiger partial charge in [-0.15, -0.1) is 0 Å². The summed E-state index contributed by atoms with van der Waals surface area (Å²) in [7, 11) is 2.03. The summed E-state index contributed by atoms with van der Waals surface area (Å²) >= 11 is 0. The molecular formula is C15H29N3. The summed E-state index contributed by atoms with van der Waals surface area (Å²) in [4.78, 5) is 0. The average Bonchev–Trinajstić information content (AvgIpc) is 2.75. The molecule has 0 radical (unpaired) electrons. The molecule has 18 heavy (non-hydrogen) atoms. The molecule has 1 aromatic heterocycles. The highest BCUT2D eigenvalue weighted by Crippen LogP contribution is 2.16. The van der Waals surface area contributed by atoms with Gasteiger partial charge in [-0.05, 0) is 44.2 Å². The van der Waals surface area contributed by atoms with Crippen molar-refractivity contribution >= 4 is 0 Å². The summed E-state index contributed by atoms with van der Waals surface area (Å²) < 4.78 is 1.99. The van der Waals surface area contributed by atoms with Crippen LogP contribution in [0.5, 0.6) is 0 Å². The Morgan fingerprint density at radius 2 is 2.06 bits per heavy atom. The van der Waals surface area contributed by atoms with Gasteiger partial charge >= 0.3 is 0 Å². The zero-order chi connectivity index (χ0) is 13.4.